The normalized spacial score (nSPS) is 10.5. The zero-order valence-corrected chi connectivity index (χ0v) is 15.0. The Morgan fingerprint density at radius 1 is 1.24 bits per heavy atom. The van der Waals surface area contributed by atoms with Crippen LogP contribution in [0, 0.1) is 17.2 Å². The Hall–Kier alpha value is -2.65. The Bertz CT molecular complexity index is 801. The molecule has 2 rings (SSSR count). The highest BCUT2D eigenvalue weighted by Crippen LogP contribution is 2.35. The lowest BCUT2D eigenvalue weighted by Gasteiger charge is -2.06. The fraction of sp³-hybridized carbons (Fsp3) is 0.316. The maximum atomic E-state index is 11.8. The number of hydrogen-bond donors (Lipinski definition) is 2. The number of nitriles is 1. The van der Waals surface area contributed by atoms with Crippen molar-refractivity contribution in [2.24, 2.45) is 5.92 Å². The lowest BCUT2D eigenvalue weighted by molar-refractivity contribution is -0.138. The van der Waals surface area contributed by atoms with Gasteiger partial charge in [0.1, 0.15) is 11.1 Å². The minimum atomic E-state index is -1.02. The highest BCUT2D eigenvalue weighted by molar-refractivity contribution is 7.15. The lowest BCUT2D eigenvalue weighted by atomic mass is 9.99. The van der Waals surface area contributed by atoms with Crippen LogP contribution in [0.1, 0.15) is 37.8 Å². The van der Waals surface area contributed by atoms with Gasteiger partial charge in [0.25, 0.3) is 0 Å². The second-order valence-electron chi connectivity index (χ2n) is 6.20. The highest BCUT2D eigenvalue weighted by Gasteiger charge is 2.16. The largest absolute Gasteiger partial charge is 0.481 e. The summed E-state index contributed by atoms with van der Waals surface area (Å²) in [4.78, 5) is 22.3. The quantitative estimate of drug-likeness (QED) is 0.774. The Morgan fingerprint density at radius 3 is 2.48 bits per heavy atom. The van der Waals surface area contributed by atoms with Gasteiger partial charge in [0.2, 0.25) is 5.91 Å². The predicted molar refractivity (Wildman–Crippen MR) is 98.5 cm³/mol. The van der Waals surface area contributed by atoms with Crippen molar-refractivity contribution in [2.75, 3.05) is 5.32 Å². The first-order valence-corrected chi connectivity index (χ1v) is 8.91. The zero-order chi connectivity index (χ0) is 18.4. The molecule has 130 valence electrons. The molecule has 1 amide bonds. The molecule has 0 unspecified atom stereocenters. The smallest absolute Gasteiger partial charge is 0.303 e. The molecule has 0 aliphatic carbocycles. The minimum Gasteiger partial charge on any atom is -0.481 e. The third-order valence-corrected chi connectivity index (χ3v) is 4.53. The number of thiophene rings is 1. The Labute approximate surface area is 150 Å². The number of amides is 1. The van der Waals surface area contributed by atoms with Crippen molar-refractivity contribution in [3.8, 4) is 17.2 Å². The molecule has 0 bridgehead atoms. The molecule has 0 radical (unpaired) electrons. The second kappa shape index (κ2) is 8.45. The lowest BCUT2D eigenvalue weighted by Crippen LogP contribution is -2.13. The molecule has 1 aromatic heterocycles. The first-order chi connectivity index (χ1) is 11.9. The molecule has 6 heteroatoms. The van der Waals surface area contributed by atoms with E-state index in [1.807, 2.05) is 17.5 Å². The summed E-state index contributed by atoms with van der Waals surface area (Å²) in [5.74, 6) is -0.849. The van der Waals surface area contributed by atoms with Gasteiger partial charge >= 0.3 is 5.97 Å². The van der Waals surface area contributed by atoms with Gasteiger partial charge in [-0.1, -0.05) is 38.1 Å². The van der Waals surface area contributed by atoms with E-state index >= 15 is 0 Å². The summed E-state index contributed by atoms with van der Waals surface area (Å²) in [5.41, 5.74) is 3.35. The number of carbonyl (C=O) groups is 2. The van der Waals surface area contributed by atoms with Gasteiger partial charge in [-0.3, -0.25) is 9.59 Å². The van der Waals surface area contributed by atoms with E-state index in [1.165, 1.54) is 16.9 Å². The number of nitrogens with one attached hydrogen (secondary N) is 1. The van der Waals surface area contributed by atoms with Crippen molar-refractivity contribution >= 4 is 28.2 Å². The highest BCUT2D eigenvalue weighted by atomic mass is 32.1. The number of nitrogens with zero attached hydrogens (tertiary/aromatic N) is 1. The van der Waals surface area contributed by atoms with Crippen LogP contribution < -0.4 is 5.32 Å². The molecule has 0 atom stereocenters. The van der Waals surface area contributed by atoms with Gasteiger partial charge in [-0.05, 0) is 23.5 Å². The maximum absolute atomic E-state index is 11.8. The second-order valence-corrected chi connectivity index (χ2v) is 7.08. The van der Waals surface area contributed by atoms with Crippen molar-refractivity contribution < 1.29 is 14.7 Å². The molecule has 2 N–H and O–H groups in total. The number of rotatable bonds is 7. The van der Waals surface area contributed by atoms with Gasteiger partial charge in [0, 0.05) is 17.4 Å². The standard InChI is InChI=1S/C19H20N2O3S/c1-12(2)9-13-3-5-14(6-4-13)16-11-25-19(15(16)10-20)21-17(22)7-8-18(23)24/h3-6,11-12H,7-9H2,1-2H3,(H,21,22)(H,23,24). The van der Waals surface area contributed by atoms with Crippen LogP contribution >= 0.6 is 11.3 Å². The summed E-state index contributed by atoms with van der Waals surface area (Å²) in [7, 11) is 0. The number of carbonyl (C=O) groups excluding carboxylic acids is 1. The van der Waals surface area contributed by atoms with E-state index in [0.717, 1.165) is 17.5 Å². The third-order valence-electron chi connectivity index (χ3n) is 3.63. The first-order valence-electron chi connectivity index (χ1n) is 8.03. The molecule has 25 heavy (non-hydrogen) atoms. The van der Waals surface area contributed by atoms with E-state index in [4.69, 9.17) is 5.11 Å². The van der Waals surface area contributed by atoms with Crippen molar-refractivity contribution in [1.29, 1.82) is 5.26 Å². The van der Waals surface area contributed by atoms with Gasteiger partial charge in [-0.15, -0.1) is 11.3 Å². The number of anilines is 1. The van der Waals surface area contributed by atoms with Crippen molar-refractivity contribution in [2.45, 2.75) is 33.1 Å². The number of aliphatic carboxylic acids is 1. The molecule has 2 aromatic rings. The molecule has 1 heterocycles. The average Bonchev–Trinajstić information content (AvgIpc) is 2.95. The predicted octanol–water partition coefficient (Wildman–Crippen LogP) is 4.29. The van der Waals surface area contributed by atoms with Crippen LogP contribution in [-0.2, 0) is 16.0 Å². The molecular formula is C19H20N2O3S. The summed E-state index contributed by atoms with van der Waals surface area (Å²) in [6.45, 7) is 4.33. The van der Waals surface area contributed by atoms with Gasteiger partial charge in [-0.25, -0.2) is 0 Å². The van der Waals surface area contributed by atoms with Crippen molar-refractivity contribution in [1.82, 2.24) is 0 Å². The fourth-order valence-electron chi connectivity index (χ4n) is 2.47. The van der Waals surface area contributed by atoms with Crippen LogP contribution in [-0.4, -0.2) is 17.0 Å². The summed E-state index contributed by atoms with van der Waals surface area (Å²) < 4.78 is 0. The molecule has 0 aliphatic heterocycles. The Morgan fingerprint density at radius 2 is 1.92 bits per heavy atom. The van der Waals surface area contributed by atoms with Crippen molar-refractivity contribution in [3.05, 3.63) is 40.8 Å². The molecule has 1 aromatic carbocycles. The Kier molecular flexibility index (Phi) is 6.31. The van der Waals surface area contributed by atoms with E-state index in [2.05, 4.69) is 37.4 Å². The zero-order valence-electron chi connectivity index (χ0n) is 14.2. The van der Waals surface area contributed by atoms with Crippen LogP contribution in [0.2, 0.25) is 0 Å². The SMILES string of the molecule is CC(C)Cc1ccc(-c2csc(NC(=O)CCC(=O)O)c2C#N)cc1. The average molecular weight is 356 g/mol. The molecule has 5 nitrogen and oxygen atoms in total. The van der Waals surface area contributed by atoms with E-state index < -0.39 is 11.9 Å². The van der Waals surface area contributed by atoms with Gasteiger partial charge in [0.15, 0.2) is 0 Å². The molecule has 0 saturated carbocycles. The van der Waals surface area contributed by atoms with E-state index in [-0.39, 0.29) is 12.8 Å². The number of carboxylic acids is 1. The van der Waals surface area contributed by atoms with Gasteiger partial charge in [0.05, 0.1) is 12.0 Å². The first kappa shape index (κ1) is 18.7. The summed E-state index contributed by atoms with van der Waals surface area (Å²) >= 11 is 1.27. The summed E-state index contributed by atoms with van der Waals surface area (Å²) in [5, 5.41) is 23.0. The van der Waals surface area contributed by atoms with Crippen LogP contribution in [0.3, 0.4) is 0 Å². The molecule has 0 fully saturated rings. The monoisotopic (exact) mass is 356 g/mol. The van der Waals surface area contributed by atoms with Crippen LogP contribution in [0.15, 0.2) is 29.6 Å². The summed E-state index contributed by atoms with van der Waals surface area (Å²) in [6, 6.07) is 10.2. The molecule has 0 saturated heterocycles. The van der Waals surface area contributed by atoms with E-state index in [9.17, 15) is 14.9 Å². The Balaban J connectivity index is 2.17. The van der Waals surface area contributed by atoms with Crippen LogP contribution in [0.5, 0.6) is 0 Å². The number of benzene rings is 1. The topological polar surface area (TPSA) is 90.2 Å². The van der Waals surface area contributed by atoms with Crippen LogP contribution in [0.25, 0.3) is 11.1 Å². The fourth-order valence-corrected chi connectivity index (χ4v) is 3.41. The molecule has 0 aliphatic rings. The van der Waals surface area contributed by atoms with Crippen molar-refractivity contribution in [3.63, 3.8) is 0 Å². The minimum absolute atomic E-state index is 0.114. The van der Waals surface area contributed by atoms with E-state index in [0.29, 0.717) is 16.5 Å². The third kappa shape index (κ3) is 5.16. The van der Waals surface area contributed by atoms with Gasteiger partial charge < -0.3 is 10.4 Å². The van der Waals surface area contributed by atoms with E-state index in [1.54, 1.807) is 0 Å². The van der Waals surface area contributed by atoms with Crippen LogP contribution in [0.4, 0.5) is 5.00 Å². The molecule has 0 spiro atoms. The number of carboxylic acid groups (broad SMARTS) is 1. The number of hydrogen-bond acceptors (Lipinski definition) is 4. The van der Waals surface area contributed by atoms with Gasteiger partial charge in [-0.2, -0.15) is 5.26 Å². The molecular weight excluding hydrogens is 336 g/mol. The maximum Gasteiger partial charge on any atom is 0.303 e. The summed E-state index contributed by atoms with van der Waals surface area (Å²) in [6.07, 6.45) is 0.653.